The van der Waals surface area contributed by atoms with Gasteiger partial charge in [0.25, 0.3) is 0 Å². The van der Waals surface area contributed by atoms with Crippen LogP contribution in [0.15, 0.2) is 18.3 Å². The van der Waals surface area contributed by atoms with Gasteiger partial charge in [0, 0.05) is 25.3 Å². The standard InChI is InChI=1S/C13H20N2O2/c1-3-7-16-13-10(14)8-12(13)17-11-5-4-6-15-9(11)2/h4-6,10,12-13H,3,7-8,14H2,1-2H3. The highest BCUT2D eigenvalue weighted by Gasteiger charge is 2.41. The van der Waals surface area contributed by atoms with Crippen LogP contribution in [0, 0.1) is 6.92 Å². The number of aromatic nitrogens is 1. The van der Waals surface area contributed by atoms with Crippen molar-refractivity contribution in [1.82, 2.24) is 4.98 Å². The van der Waals surface area contributed by atoms with Crippen LogP contribution >= 0.6 is 0 Å². The first kappa shape index (κ1) is 12.3. The van der Waals surface area contributed by atoms with Crippen molar-refractivity contribution in [2.75, 3.05) is 6.61 Å². The van der Waals surface area contributed by atoms with E-state index in [9.17, 15) is 0 Å². The summed E-state index contributed by atoms with van der Waals surface area (Å²) in [5.74, 6) is 0.828. The van der Waals surface area contributed by atoms with Gasteiger partial charge in [-0.25, -0.2) is 0 Å². The molecule has 0 spiro atoms. The van der Waals surface area contributed by atoms with Crippen molar-refractivity contribution in [2.45, 2.75) is 44.9 Å². The van der Waals surface area contributed by atoms with Crippen molar-refractivity contribution in [3.05, 3.63) is 24.0 Å². The third-order valence-electron chi connectivity index (χ3n) is 3.04. The second-order valence-electron chi connectivity index (χ2n) is 4.48. The lowest BCUT2D eigenvalue weighted by molar-refractivity contribution is -0.0982. The molecule has 4 heteroatoms. The molecule has 1 aromatic heterocycles. The smallest absolute Gasteiger partial charge is 0.141 e. The van der Waals surface area contributed by atoms with Gasteiger partial charge in [0.2, 0.25) is 0 Å². The first-order valence-electron chi connectivity index (χ1n) is 6.17. The average Bonchev–Trinajstić information content (AvgIpc) is 2.31. The van der Waals surface area contributed by atoms with E-state index in [4.69, 9.17) is 15.2 Å². The molecule has 0 saturated heterocycles. The Morgan fingerprint density at radius 2 is 2.35 bits per heavy atom. The number of pyridine rings is 1. The van der Waals surface area contributed by atoms with E-state index >= 15 is 0 Å². The van der Waals surface area contributed by atoms with Crippen LogP contribution < -0.4 is 10.5 Å². The van der Waals surface area contributed by atoms with Crippen LogP contribution in [-0.2, 0) is 4.74 Å². The highest BCUT2D eigenvalue weighted by molar-refractivity contribution is 5.26. The van der Waals surface area contributed by atoms with Crippen LogP contribution in [0.2, 0.25) is 0 Å². The van der Waals surface area contributed by atoms with Crippen molar-refractivity contribution in [3.8, 4) is 5.75 Å². The number of nitrogens with zero attached hydrogens (tertiary/aromatic N) is 1. The Hall–Kier alpha value is -1.13. The van der Waals surface area contributed by atoms with Crippen LogP contribution in [-0.4, -0.2) is 29.8 Å². The van der Waals surface area contributed by atoms with Gasteiger partial charge in [-0.3, -0.25) is 4.98 Å². The normalized spacial score (nSPS) is 27.6. The third-order valence-corrected chi connectivity index (χ3v) is 3.04. The van der Waals surface area contributed by atoms with Gasteiger partial charge in [0.05, 0.1) is 5.69 Å². The Kier molecular flexibility index (Phi) is 3.97. The number of rotatable bonds is 5. The molecule has 2 N–H and O–H groups in total. The van der Waals surface area contributed by atoms with E-state index in [1.165, 1.54) is 0 Å². The number of ether oxygens (including phenoxy) is 2. The fourth-order valence-electron chi connectivity index (χ4n) is 1.97. The summed E-state index contributed by atoms with van der Waals surface area (Å²) in [5.41, 5.74) is 6.83. The molecule has 1 fully saturated rings. The molecule has 0 bridgehead atoms. The predicted octanol–water partition coefficient (Wildman–Crippen LogP) is 1.66. The van der Waals surface area contributed by atoms with Gasteiger partial charge in [-0.05, 0) is 25.5 Å². The summed E-state index contributed by atoms with van der Waals surface area (Å²) in [5, 5.41) is 0. The maximum atomic E-state index is 5.92. The minimum atomic E-state index is 0.0227. The van der Waals surface area contributed by atoms with Crippen molar-refractivity contribution in [3.63, 3.8) is 0 Å². The van der Waals surface area contributed by atoms with Crippen LogP contribution in [0.5, 0.6) is 5.75 Å². The average molecular weight is 236 g/mol. The summed E-state index contributed by atoms with van der Waals surface area (Å²) in [6.45, 7) is 4.77. The molecule has 2 rings (SSSR count). The Labute approximate surface area is 102 Å². The van der Waals surface area contributed by atoms with Gasteiger partial charge in [0.1, 0.15) is 18.0 Å². The van der Waals surface area contributed by atoms with Crippen LogP contribution in [0.4, 0.5) is 0 Å². The zero-order valence-electron chi connectivity index (χ0n) is 10.4. The van der Waals surface area contributed by atoms with Gasteiger partial charge in [-0.1, -0.05) is 6.92 Å². The van der Waals surface area contributed by atoms with Crippen LogP contribution in [0.1, 0.15) is 25.5 Å². The Bertz CT molecular complexity index is 370. The Morgan fingerprint density at radius 3 is 3.00 bits per heavy atom. The summed E-state index contributed by atoms with van der Waals surface area (Å²) in [6, 6.07) is 3.91. The third kappa shape index (κ3) is 2.76. The molecule has 1 aliphatic carbocycles. The Morgan fingerprint density at radius 1 is 1.53 bits per heavy atom. The van der Waals surface area contributed by atoms with Crippen molar-refractivity contribution >= 4 is 0 Å². The van der Waals surface area contributed by atoms with E-state index < -0.39 is 0 Å². The zero-order chi connectivity index (χ0) is 12.3. The van der Waals surface area contributed by atoms with E-state index in [0.29, 0.717) is 0 Å². The molecule has 1 aliphatic rings. The molecule has 0 aromatic carbocycles. The minimum Gasteiger partial charge on any atom is -0.486 e. The molecule has 17 heavy (non-hydrogen) atoms. The second-order valence-corrected chi connectivity index (χ2v) is 4.48. The SMILES string of the molecule is CCCOC1C(N)CC1Oc1cccnc1C. The van der Waals surface area contributed by atoms with E-state index in [0.717, 1.165) is 30.9 Å². The summed E-state index contributed by atoms with van der Waals surface area (Å²) in [6.07, 6.45) is 3.71. The quantitative estimate of drug-likeness (QED) is 0.844. The monoisotopic (exact) mass is 236 g/mol. The lowest BCUT2D eigenvalue weighted by Crippen LogP contribution is -2.59. The van der Waals surface area contributed by atoms with E-state index in [-0.39, 0.29) is 18.2 Å². The summed E-state index contributed by atoms with van der Waals surface area (Å²) in [7, 11) is 0. The number of hydrogen-bond donors (Lipinski definition) is 1. The topological polar surface area (TPSA) is 57.4 Å². The fraction of sp³-hybridized carbons (Fsp3) is 0.615. The Balaban J connectivity index is 1.93. The van der Waals surface area contributed by atoms with Gasteiger partial charge in [-0.15, -0.1) is 0 Å². The van der Waals surface area contributed by atoms with Gasteiger partial charge in [0.15, 0.2) is 0 Å². The van der Waals surface area contributed by atoms with E-state index in [2.05, 4.69) is 11.9 Å². The summed E-state index contributed by atoms with van der Waals surface area (Å²) >= 11 is 0. The molecular weight excluding hydrogens is 216 g/mol. The molecule has 0 aliphatic heterocycles. The van der Waals surface area contributed by atoms with Gasteiger partial charge < -0.3 is 15.2 Å². The molecule has 4 nitrogen and oxygen atoms in total. The van der Waals surface area contributed by atoms with E-state index in [1.54, 1.807) is 6.20 Å². The van der Waals surface area contributed by atoms with Crippen LogP contribution in [0.3, 0.4) is 0 Å². The second kappa shape index (κ2) is 5.47. The molecule has 0 amide bonds. The number of aryl methyl sites for hydroxylation is 1. The molecule has 3 unspecified atom stereocenters. The molecule has 1 saturated carbocycles. The molecule has 3 atom stereocenters. The molecular formula is C13H20N2O2. The minimum absolute atomic E-state index is 0.0227. The van der Waals surface area contributed by atoms with Crippen molar-refractivity contribution < 1.29 is 9.47 Å². The van der Waals surface area contributed by atoms with E-state index in [1.807, 2.05) is 19.1 Å². The van der Waals surface area contributed by atoms with Crippen molar-refractivity contribution in [2.24, 2.45) is 5.73 Å². The lowest BCUT2D eigenvalue weighted by atomic mass is 9.86. The highest BCUT2D eigenvalue weighted by Crippen LogP contribution is 2.28. The van der Waals surface area contributed by atoms with Crippen molar-refractivity contribution in [1.29, 1.82) is 0 Å². The maximum Gasteiger partial charge on any atom is 0.141 e. The van der Waals surface area contributed by atoms with Gasteiger partial charge >= 0.3 is 0 Å². The molecule has 1 heterocycles. The van der Waals surface area contributed by atoms with Gasteiger partial charge in [-0.2, -0.15) is 0 Å². The first-order chi connectivity index (χ1) is 8.22. The lowest BCUT2D eigenvalue weighted by Gasteiger charge is -2.41. The highest BCUT2D eigenvalue weighted by atomic mass is 16.5. The molecule has 0 radical (unpaired) electrons. The number of hydrogen-bond acceptors (Lipinski definition) is 4. The summed E-state index contributed by atoms with van der Waals surface area (Å²) < 4.78 is 11.6. The predicted molar refractivity (Wildman–Crippen MR) is 66.0 cm³/mol. The zero-order valence-corrected chi connectivity index (χ0v) is 10.4. The molecule has 1 aromatic rings. The summed E-state index contributed by atoms with van der Waals surface area (Å²) in [4.78, 5) is 4.20. The largest absolute Gasteiger partial charge is 0.486 e. The number of nitrogens with two attached hydrogens (primary N) is 1. The molecule has 94 valence electrons. The first-order valence-corrected chi connectivity index (χ1v) is 6.17. The maximum absolute atomic E-state index is 5.92. The fourth-order valence-corrected chi connectivity index (χ4v) is 1.97. The van der Waals surface area contributed by atoms with Crippen LogP contribution in [0.25, 0.3) is 0 Å².